The maximum atomic E-state index is 5.57. The zero-order valence-corrected chi connectivity index (χ0v) is 14.7. The van der Waals surface area contributed by atoms with E-state index < -0.39 is 0 Å². The zero-order valence-electron chi connectivity index (χ0n) is 13.9. The van der Waals surface area contributed by atoms with Gasteiger partial charge in [-0.2, -0.15) is 0 Å². The van der Waals surface area contributed by atoms with Gasteiger partial charge in [-0.15, -0.1) is 11.3 Å². The van der Waals surface area contributed by atoms with Gasteiger partial charge < -0.3 is 28.4 Å². The molecule has 1 rings (SSSR count). The van der Waals surface area contributed by atoms with Crippen LogP contribution in [0.3, 0.4) is 0 Å². The zero-order chi connectivity index (χ0) is 16.6. The Morgan fingerprint density at radius 1 is 0.609 bits per heavy atom. The van der Waals surface area contributed by atoms with Crippen LogP contribution in [0.4, 0.5) is 0 Å². The molecule has 0 bridgehead atoms. The van der Waals surface area contributed by atoms with Gasteiger partial charge in [0.1, 0.15) is 13.2 Å². The lowest BCUT2D eigenvalue weighted by atomic mass is 10.5. The molecule has 0 unspecified atom stereocenters. The number of hydrogen-bond acceptors (Lipinski definition) is 7. The molecule has 23 heavy (non-hydrogen) atoms. The maximum Gasteiger partial charge on any atom is 0.181 e. The third-order valence-electron chi connectivity index (χ3n) is 2.59. The second kappa shape index (κ2) is 14.7. The summed E-state index contributed by atoms with van der Waals surface area (Å²) in [5.41, 5.74) is 0. The molecule has 0 saturated heterocycles. The molecule has 6 nitrogen and oxygen atoms in total. The Labute approximate surface area is 142 Å². The van der Waals surface area contributed by atoms with E-state index in [-0.39, 0.29) is 0 Å². The summed E-state index contributed by atoms with van der Waals surface area (Å²) in [6.45, 7) is 9.54. The molecule has 0 aliphatic heterocycles. The van der Waals surface area contributed by atoms with E-state index in [1.807, 2.05) is 13.8 Å². The fourth-order valence-corrected chi connectivity index (χ4v) is 2.07. The van der Waals surface area contributed by atoms with E-state index >= 15 is 0 Å². The summed E-state index contributed by atoms with van der Waals surface area (Å²) in [5, 5.41) is 5.97. The predicted molar refractivity (Wildman–Crippen MR) is 87.6 cm³/mol. The first kappa shape index (κ1) is 20.2. The Hall–Kier alpha value is -0.860. The highest BCUT2D eigenvalue weighted by molar-refractivity contribution is 7.07. The topological polar surface area (TPSA) is 55.4 Å². The van der Waals surface area contributed by atoms with Gasteiger partial charge in [0.2, 0.25) is 0 Å². The van der Waals surface area contributed by atoms with Gasteiger partial charge in [0, 0.05) is 13.2 Å². The molecule has 0 aliphatic carbocycles. The molecule has 2 radical (unpaired) electrons. The van der Waals surface area contributed by atoms with Gasteiger partial charge in [0.05, 0.1) is 50.4 Å². The molecule has 0 N–H and O–H groups in total. The first-order valence-electron chi connectivity index (χ1n) is 7.87. The molecule has 7 heteroatoms. The largest absolute Gasteiger partial charge is 0.486 e. The van der Waals surface area contributed by atoms with Crippen molar-refractivity contribution in [3.8, 4) is 11.5 Å². The van der Waals surface area contributed by atoms with E-state index in [2.05, 4.69) is 10.8 Å². The lowest BCUT2D eigenvalue weighted by Gasteiger charge is -2.09. The summed E-state index contributed by atoms with van der Waals surface area (Å²) in [4.78, 5) is 0. The van der Waals surface area contributed by atoms with Crippen molar-refractivity contribution in [2.75, 3.05) is 66.1 Å². The molecule has 0 spiro atoms. The number of rotatable bonds is 16. The van der Waals surface area contributed by atoms with Gasteiger partial charge in [0.25, 0.3) is 0 Å². The minimum atomic E-state index is 0.439. The van der Waals surface area contributed by atoms with Crippen LogP contribution in [0.5, 0.6) is 11.5 Å². The van der Waals surface area contributed by atoms with Crippen molar-refractivity contribution in [1.29, 1.82) is 0 Å². The van der Waals surface area contributed by atoms with Gasteiger partial charge >= 0.3 is 0 Å². The summed E-state index contributed by atoms with van der Waals surface area (Å²) >= 11 is 1.29. The third-order valence-corrected chi connectivity index (χ3v) is 3.17. The molecule has 0 saturated carbocycles. The first-order chi connectivity index (χ1) is 11.4. The van der Waals surface area contributed by atoms with Crippen LogP contribution in [0.1, 0.15) is 13.8 Å². The van der Waals surface area contributed by atoms with Crippen molar-refractivity contribution in [1.82, 2.24) is 0 Å². The summed E-state index contributed by atoms with van der Waals surface area (Å²) < 4.78 is 32.2. The molecule has 1 aromatic heterocycles. The van der Waals surface area contributed by atoms with Crippen LogP contribution < -0.4 is 9.47 Å². The molecular weight excluding hydrogens is 320 g/mol. The molecular formula is C16H26O6S. The van der Waals surface area contributed by atoms with Crippen LogP contribution >= 0.6 is 11.3 Å². The standard InChI is InChI=1S/C16H26O6S/c1-3-17-5-7-19-9-11-21-15-13-23-14-16(15)22-12-10-20-8-6-18-4-2/h3-12H2,1-2H3. The Morgan fingerprint density at radius 3 is 1.43 bits per heavy atom. The Balaban J connectivity index is 2.04. The van der Waals surface area contributed by atoms with E-state index in [4.69, 9.17) is 28.4 Å². The number of thiophene rings is 1. The van der Waals surface area contributed by atoms with E-state index in [0.717, 1.165) is 0 Å². The molecule has 0 atom stereocenters. The van der Waals surface area contributed by atoms with Gasteiger partial charge in [-0.3, -0.25) is 0 Å². The van der Waals surface area contributed by atoms with Crippen LogP contribution in [0.2, 0.25) is 0 Å². The minimum absolute atomic E-state index is 0.439. The molecule has 1 heterocycles. The van der Waals surface area contributed by atoms with Crippen molar-refractivity contribution in [3.05, 3.63) is 10.8 Å². The number of ether oxygens (including phenoxy) is 6. The molecule has 0 amide bonds. The molecule has 0 aromatic carbocycles. The summed E-state index contributed by atoms with van der Waals surface area (Å²) in [6.07, 6.45) is 0. The average molecular weight is 346 g/mol. The highest BCUT2D eigenvalue weighted by Crippen LogP contribution is 2.29. The van der Waals surface area contributed by atoms with Crippen molar-refractivity contribution < 1.29 is 28.4 Å². The SMILES string of the molecule is CCOCCOCCOc1[c]s[c]c1OCCOCCOCC. The Bertz CT molecular complexity index is 339. The third kappa shape index (κ3) is 10.5. The lowest BCUT2D eigenvalue weighted by Crippen LogP contribution is -2.12. The maximum absolute atomic E-state index is 5.57. The van der Waals surface area contributed by atoms with Crippen molar-refractivity contribution in [2.45, 2.75) is 13.8 Å². The molecule has 0 aliphatic rings. The van der Waals surface area contributed by atoms with Crippen LogP contribution in [0, 0.1) is 10.8 Å². The monoisotopic (exact) mass is 346 g/mol. The van der Waals surface area contributed by atoms with Crippen LogP contribution in [-0.2, 0) is 18.9 Å². The van der Waals surface area contributed by atoms with Crippen molar-refractivity contribution >= 4 is 11.3 Å². The van der Waals surface area contributed by atoms with Crippen LogP contribution in [-0.4, -0.2) is 66.1 Å². The van der Waals surface area contributed by atoms with E-state index in [1.54, 1.807) is 0 Å². The second-order valence-electron chi connectivity index (χ2n) is 4.28. The molecule has 1 aromatic rings. The Kier molecular flexibility index (Phi) is 12.9. The highest BCUT2D eigenvalue weighted by atomic mass is 32.1. The second-order valence-corrected chi connectivity index (χ2v) is 4.89. The van der Waals surface area contributed by atoms with Gasteiger partial charge in [-0.1, -0.05) is 0 Å². The van der Waals surface area contributed by atoms with Gasteiger partial charge in [0.15, 0.2) is 11.5 Å². The molecule has 0 fully saturated rings. The van der Waals surface area contributed by atoms with Crippen LogP contribution in [0.15, 0.2) is 0 Å². The fraction of sp³-hybridized carbons (Fsp3) is 0.750. The van der Waals surface area contributed by atoms with Crippen molar-refractivity contribution in [2.24, 2.45) is 0 Å². The number of hydrogen-bond donors (Lipinski definition) is 0. The van der Waals surface area contributed by atoms with E-state index in [1.165, 1.54) is 11.3 Å². The predicted octanol–water partition coefficient (Wildman–Crippen LogP) is 2.21. The summed E-state index contributed by atoms with van der Waals surface area (Å²) in [5.74, 6) is 1.13. The normalized spacial score (nSPS) is 10.9. The smallest absolute Gasteiger partial charge is 0.181 e. The lowest BCUT2D eigenvalue weighted by molar-refractivity contribution is 0.0370. The Morgan fingerprint density at radius 2 is 1.00 bits per heavy atom. The minimum Gasteiger partial charge on any atom is -0.486 e. The fourth-order valence-electron chi connectivity index (χ4n) is 1.53. The van der Waals surface area contributed by atoms with E-state index in [9.17, 15) is 0 Å². The quantitative estimate of drug-likeness (QED) is 0.428. The van der Waals surface area contributed by atoms with Crippen molar-refractivity contribution in [3.63, 3.8) is 0 Å². The first-order valence-corrected chi connectivity index (χ1v) is 8.68. The van der Waals surface area contributed by atoms with Gasteiger partial charge in [-0.05, 0) is 13.8 Å². The van der Waals surface area contributed by atoms with E-state index in [0.29, 0.717) is 77.6 Å². The average Bonchev–Trinajstić information content (AvgIpc) is 3.00. The summed E-state index contributed by atoms with van der Waals surface area (Å²) in [6, 6.07) is 0. The van der Waals surface area contributed by atoms with Crippen LogP contribution in [0.25, 0.3) is 0 Å². The van der Waals surface area contributed by atoms with Gasteiger partial charge in [-0.25, -0.2) is 0 Å². The summed E-state index contributed by atoms with van der Waals surface area (Å²) in [7, 11) is 0. The molecule has 132 valence electrons. The highest BCUT2D eigenvalue weighted by Gasteiger charge is 2.07.